The van der Waals surface area contributed by atoms with E-state index in [0.29, 0.717) is 22.4 Å². The van der Waals surface area contributed by atoms with Gasteiger partial charge in [0.15, 0.2) is 16.6 Å². The summed E-state index contributed by atoms with van der Waals surface area (Å²) in [6.07, 6.45) is 2.09. The lowest BCUT2D eigenvalue weighted by molar-refractivity contribution is 0.288. The molecule has 0 saturated heterocycles. The van der Waals surface area contributed by atoms with E-state index in [4.69, 9.17) is 31.2 Å². The molecule has 0 amide bonds. The first-order valence-corrected chi connectivity index (χ1v) is 10.7. The van der Waals surface area contributed by atoms with Crippen LogP contribution >= 0.6 is 12.2 Å². The lowest BCUT2D eigenvalue weighted by Crippen LogP contribution is -2.44. The zero-order valence-electron chi connectivity index (χ0n) is 18.6. The number of methoxy groups -OCH3 is 4. The molecule has 2 aromatic carbocycles. The quantitative estimate of drug-likeness (QED) is 0.558. The highest BCUT2D eigenvalue weighted by molar-refractivity contribution is 7.80. The van der Waals surface area contributed by atoms with Gasteiger partial charge in [0.1, 0.15) is 5.75 Å². The Morgan fingerprint density at radius 1 is 0.906 bits per heavy atom. The number of benzene rings is 2. The summed E-state index contributed by atoms with van der Waals surface area (Å²) in [5.41, 5.74) is 3.04. The standard InChI is InChI=1S/C24H27N3O4S/c1-28-18-9-7-17(8-10-18)25-24(32)27-13-12-26-11-5-6-19(26)22(27)16-14-20(29-2)23(31-4)21(15-16)30-3/h5-11,14-15,22H,12-13H2,1-4H3,(H,25,32)/t22-/m0/s1. The second-order valence-corrected chi connectivity index (χ2v) is 7.73. The van der Waals surface area contributed by atoms with E-state index in [1.165, 1.54) is 0 Å². The molecule has 168 valence electrons. The largest absolute Gasteiger partial charge is 0.497 e. The second kappa shape index (κ2) is 9.40. The van der Waals surface area contributed by atoms with Crippen LogP contribution in [-0.4, -0.2) is 49.6 Å². The van der Waals surface area contributed by atoms with Crippen LogP contribution in [0, 0.1) is 0 Å². The van der Waals surface area contributed by atoms with Crippen molar-refractivity contribution in [2.24, 2.45) is 0 Å². The van der Waals surface area contributed by atoms with Gasteiger partial charge in [-0.2, -0.15) is 0 Å². The fourth-order valence-electron chi connectivity index (χ4n) is 4.08. The highest BCUT2D eigenvalue weighted by Crippen LogP contribution is 2.43. The summed E-state index contributed by atoms with van der Waals surface area (Å²) in [4.78, 5) is 2.19. The molecule has 1 aromatic heterocycles. The van der Waals surface area contributed by atoms with Crippen LogP contribution in [0.5, 0.6) is 23.0 Å². The number of rotatable bonds is 6. The Kier molecular flexibility index (Phi) is 6.41. The first-order chi connectivity index (χ1) is 15.6. The van der Waals surface area contributed by atoms with Gasteiger partial charge in [-0.15, -0.1) is 0 Å². The third kappa shape index (κ3) is 4.05. The van der Waals surface area contributed by atoms with Crippen LogP contribution in [0.25, 0.3) is 0 Å². The van der Waals surface area contributed by atoms with Crippen molar-refractivity contribution in [3.05, 3.63) is 66.0 Å². The van der Waals surface area contributed by atoms with E-state index in [9.17, 15) is 0 Å². The molecule has 0 aliphatic carbocycles. The maximum Gasteiger partial charge on any atom is 0.203 e. The van der Waals surface area contributed by atoms with Crippen LogP contribution in [0.2, 0.25) is 0 Å². The molecule has 1 N–H and O–H groups in total. The number of thiocarbonyl (C=S) groups is 1. The molecule has 1 atom stereocenters. The van der Waals surface area contributed by atoms with E-state index in [2.05, 4.69) is 33.1 Å². The molecule has 0 bridgehead atoms. The number of fused-ring (bicyclic) bond motifs is 1. The minimum absolute atomic E-state index is 0.120. The third-order valence-corrected chi connectivity index (χ3v) is 5.98. The fourth-order valence-corrected chi connectivity index (χ4v) is 4.40. The van der Waals surface area contributed by atoms with Gasteiger partial charge < -0.3 is 33.7 Å². The van der Waals surface area contributed by atoms with E-state index in [0.717, 1.165) is 35.8 Å². The molecule has 1 aliphatic rings. The molecule has 4 rings (SSSR count). The van der Waals surface area contributed by atoms with Gasteiger partial charge in [-0.05, 0) is 66.3 Å². The van der Waals surface area contributed by atoms with Gasteiger partial charge in [0.2, 0.25) is 5.75 Å². The predicted molar refractivity (Wildman–Crippen MR) is 128 cm³/mol. The number of ether oxygens (including phenoxy) is 4. The summed E-state index contributed by atoms with van der Waals surface area (Å²) in [6, 6.07) is 15.7. The van der Waals surface area contributed by atoms with Crippen molar-refractivity contribution in [2.45, 2.75) is 12.6 Å². The van der Waals surface area contributed by atoms with Gasteiger partial charge >= 0.3 is 0 Å². The molecule has 2 heterocycles. The Morgan fingerprint density at radius 3 is 2.19 bits per heavy atom. The molecule has 0 fully saturated rings. The van der Waals surface area contributed by atoms with Gasteiger partial charge in [0.05, 0.1) is 34.5 Å². The highest BCUT2D eigenvalue weighted by Gasteiger charge is 2.32. The summed E-state index contributed by atoms with van der Waals surface area (Å²) >= 11 is 5.86. The lowest BCUT2D eigenvalue weighted by atomic mass is 9.99. The van der Waals surface area contributed by atoms with Crippen molar-refractivity contribution in [3.8, 4) is 23.0 Å². The van der Waals surface area contributed by atoms with Crippen LogP contribution in [0.3, 0.4) is 0 Å². The van der Waals surface area contributed by atoms with E-state index in [1.807, 2.05) is 36.4 Å². The summed E-state index contributed by atoms with van der Waals surface area (Å²) in [5.74, 6) is 2.59. The molecule has 7 nitrogen and oxygen atoms in total. The van der Waals surface area contributed by atoms with Crippen molar-refractivity contribution >= 4 is 23.0 Å². The Hall–Kier alpha value is -3.39. The van der Waals surface area contributed by atoms with Crippen molar-refractivity contribution < 1.29 is 18.9 Å². The van der Waals surface area contributed by atoms with Crippen LogP contribution in [0.15, 0.2) is 54.7 Å². The van der Waals surface area contributed by atoms with Gasteiger partial charge in [-0.3, -0.25) is 0 Å². The molecule has 32 heavy (non-hydrogen) atoms. The fraction of sp³-hybridized carbons (Fsp3) is 0.292. The normalized spacial score (nSPS) is 15.0. The average Bonchev–Trinajstić information content (AvgIpc) is 3.31. The molecule has 3 aromatic rings. The van der Waals surface area contributed by atoms with Crippen LogP contribution < -0.4 is 24.3 Å². The molecule has 1 aliphatic heterocycles. The molecule has 0 unspecified atom stereocenters. The van der Waals surface area contributed by atoms with Crippen molar-refractivity contribution in [1.82, 2.24) is 9.47 Å². The smallest absolute Gasteiger partial charge is 0.203 e. The van der Waals surface area contributed by atoms with E-state index >= 15 is 0 Å². The van der Waals surface area contributed by atoms with Crippen LogP contribution in [0.1, 0.15) is 17.3 Å². The lowest BCUT2D eigenvalue weighted by Gasteiger charge is -2.39. The molecule has 0 spiro atoms. The van der Waals surface area contributed by atoms with Crippen LogP contribution in [0.4, 0.5) is 5.69 Å². The Bertz CT molecular complexity index is 1070. The number of nitrogens with zero attached hydrogens (tertiary/aromatic N) is 2. The SMILES string of the molecule is COc1ccc(NC(=S)N2CCn3cccc3[C@@H]2c2cc(OC)c(OC)c(OC)c2)cc1. The minimum Gasteiger partial charge on any atom is -0.497 e. The van der Waals surface area contributed by atoms with E-state index < -0.39 is 0 Å². The number of nitrogens with one attached hydrogen (secondary N) is 1. The number of hydrogen-bond acceptors (Lipinski definition) is 5. The Balaban J connectivity index is 1.72. The van der Waals surface area contributed by atoms with E-state index in [1.54, 1.807) is 28.4 Å². The summed E-state index contributed by atoms with van der Waals surface area (Å²) < 4.78 is 24.2. The van der Waals surface area contributed by atoms with Crippen LogP contribution in [-0.2, 0) is 6.54 Å². The minimum atomic E-state index is -0.120. The van der Waals surface area contributed by atoms with Gasteiger partial charge in [-0.25, -0.2) is 0 Å². The van der Waals surface area contributed by atoms with Crippen molar-refractivity contribution in [1.29, 1.82) is 0 Å². The number of anilines is 1. The molecule has 0 radical (unpaired) electrons. The van der Waals surface area contributed by atoms with Crippen molar-refractivity contribution in [2.75, 3.05) is 40.3 Å². The molecule has 0 saturated carbocycles. The van der Waals surface area contributed by atoms with Gasteiger partial charge in [-0.1, -0.05) is 0 Å². The predicted octanol–water partition coefficient (Wildman–Crippen LogP) is 4.32. The molecular formula is C24H27N3O4S. The number of aromatic nitrogens is 1. The first-order valence-electron chi connectivity index (χ1n) is 10.3. The summed E-state index contributed by atoms with van der Waals surface area (Å²) in [5, 5.41) is 4.01. The first kappa shape index (κ1) is 21.8. The average molecular weight is 454 g/mol. The summed E-state index contributed by atoms with van der Waals surface area (Å²) in [7, 11) is 6.50. The topological polar surface area (TPSA) is 57.1 Å². The summed E-state index contributed by atoms with van der Waals surface area (Å²) in [6.45, 7) is 1.60. The van der Waals surface area contributed by atoms with Gasteiger partial charge in [0, 0.05) is 30.7 Å². The molecule has 8 heteroatoms. The zero-order valence-corrected chi connectivity index (χ0v) is 19.4. The van der Waals surface area contributed by atoms with Gasteiger partial charge in [0.25, 0.3) is 0 Å². The zero-order chi connectivity index (χ0) is 22.7. The maximum absolute atomic E-state index is 5.86. The Labute approximate surface area is 193 Å². The van der Waals surface area contributed by atoms with E-state index in [-0.39, 0.29) is 6.04 Å². The Morgan fingerprint density at radius 2 is 1.59 bits per heavy atom. The maximum atomic E-state index is 5.86. The second-order valence-electron chi connectivity index (χ2n) is 7.34. The van der Waals surface area contributed by atoms with Crippen molar-refractivity contribution in [3.63, 3.8) is 0 Å². The highest BCUT2D eigenvalue weighted by atomic mass is 32.1. The molecular weight excluding hydrogens is 426 g/mol. The third-order valence-electron chi connectivity index (χ3n) is 5.64. The monoisotopic (exact) mass is 453 g/mol. The number of hydrogen-bond donors (Lipinski definition) is 1.